The highest BCUT2D eigenvalue weighted by Gasteiger charge is 2.11. The van der Waals surface area contributed by atoms with Crippen molar-refractivity contribution in [2.24, 2.45) is 0 Å². The number of benzene rings is 1. The summed E-state index contributed by atoms with van der Waals surface area (Å²) in [6.45, 7) is 7.42. The SMILES string of the molecule is CC(C)(C)NCCCc1nnc(-c2ccc(F)cc2Br)s1. The molecule has 0 fully saturated rings. The molecule has 0 amide bonds. The van der Waals surface area contributed by atoms with Gasteiger partial charge in [-0.3, -0.25) is 0 Å². The van der Waals surface area contributed by atoms with Crippen molar-refractivity contribution < 1.29 is 4.39 Å². The summed E-state index contributed by atoms with van der Waals surface area (Å²) in [4.78, 5) is 0. The molecule has 1 heterocycles. The van der Waals surface area contributed by atoms with Gasteiger partial charge in [0.2, 0.25) is 0 Å². The van der Waals surface area contributed by atoms with Crippen LogP contribution in [0.2, 0.25) is 0 Å². The molecule has 21 heavy (non-hydrogen) atoms. The summed E-state index contributed by atoms with van der Waals surface area (Å²) in [5, 5.41) is 13.7. The summed E-state index contributed by atoms with van der Waals surface area (Å²) in [7, 11) is 0. The van der Waals surface area contributed by atoms with Gasteiger partial charge >= 0.3 is 0 Å². The first kappa shape index (κ1) is 16.5. The fourth-order valence-electron chi connectivity index (χ4n) is 1.83. The molecule has 6 heteroatoms. The van der Waals surface area contributed by atoms with Gasteiger partial charge in [0.1, 0.15) is 15.8 Å². The Kier molecular flexibility index (Phi) is 5.46. The van der Waals surface area contributed by atoms with Gasteiger partial charge in [-0.25, -0.2) is 4.39 Å². The van der Waals surface area contributed by atoms with Crippen LogP contribution in [0.3, 0.4) is 0 Å². The van der Waals surface area contributed by atoms with Crippen LogP contribution in [-0.2, 0) is 6.42 Å². The first-order valence-corrected chi connectivity index (χ1v) is 8.49. The fraction of sp³-hybridized carbons (Fsp3) is 0.467. The van der Waals surface area contributed by atoms with Crippen molar-refractivity contribution in [3.05, 3.63) is 33.5 Å². The molecule has 0 bridgehead atoms. The van der Waals surface area contributed by atoms with Crippen molar-refractivity contribution >= 4 is 27.3 Å². The lowest BCUT2D eigenvalue weighted by Crippen LogP contribution is -2.36. The molecule has 2 aromatic rings. The second kappa shape index (κ2) is 6.94. The van der Waals surface area contributed by atoms with Crippen molar-refractivity contribution in [1.29, 1.82) is 0 Å². The second-order valence-corrected chi connectivity index (χ2v) is 7.82. The summed E-state index contributed by atoms with van der Waals surface area (Å²) in [6.07, 6.45) is 1.93. The van der Waals surface area contributed by atoms with Crippen LogP contribution >= 0.6 is 27.3 Å². The van der Waals surface area contributed by atoms with Gasteiger partial charge in [0.15, 0.2) is 0 Å². The standard InChI is InChI=1S/C15H19BrFN3S/c1-15(2,3)18-8-4-5-13-19-20-14(21-13)11-7-6-10(17)9-12(11)16/h6-7,9,18H,4-5,8H2,1-3H3. The molecule has 0 saturated heterocycles. The Balaban J connectivity index is 1.95. The van der Waals surface area contributed by atoms with Crippen LogP contribution in [0.4, 0.5) is 4.39 Å². The Morgan fingerprint density at radius 3 is 2.71 bits per heavy atom. The molecule has 114 valence electrons. The van der Waals surface area contributed by atoms with Gasteiger partial charge in [0.05, 0.1) is 0 Å². The minimum Gasteiger partial charge on any atom is -0.312 e. The van der Waals surface area contributed by atoms with E-state index in [2.05, 4.69) is 52.2 Å². The molecule has 2 rings (SSSR count). The lowest BCUT2D eigenvalue weighted by atomic mass is 10.1. The average Bonchev–Trinajstić information content (AvgIpc) is 2.82. The lowest BCUT2D eigenvalue weighted by molar-refractivity contribution is 0.422. The van der Waals surface area contributed by atoms with Crippen LogP contribution in [0, 0.1) is 5.82 Å². The second-order valence-electron chi connectivity index (χ2n) is 5.91. The van der Waals surface area contributed by atoms with Crippen molar-refractivity contribution in [1.82, 2.24) is 15.5 Å². The third-order valence-electron chi connectivity index (χ3n) is 2.85. The van der Waals surface area contributed by atoms with Crippen LogP contribution in [0.1, 0.15) is 32.2 Å². The maximum atomic E-state index is 13.1. The number of nitrogens with zero attached hydrogens (tertiary/aromatic N) is 2. The molecular formula is C15H19BrFN3S. The largest absolute Gasteiger partial charge is 0.312 e. The Morgan fingerprint density at radius 1 is 1.29 bits per heavy atom. The Morgan fingerprint density at radius 2 is 2.05 bits per heavy atom. The van der Waals surface area contributed by atoms with Gasteiger partial charge < -0.3 is 5.32 Å². The number of hydrogen-bond donors (Lipinski definition) is 1. The van der Waals surface area contributed by atoms with Gasteiger partial charge in [-0.05, 0) is 67.9 Å². The number of aromatic nitrogens is 2. The van der Waals surface area contributed by atoms with Gasteiger partial charge in [-0.2, -0.15) is 0 Å². The minimum atomic E-state index is -0.261. The monoisotopic (exact) mass is 371 g/mol. The van der Waals surface area contributed by atoms with Gasteiger partial charge in [-0.1, -0.05) is 11.3 Å². The van der Waals surface area contributed by atoms with Crippen LogP contribution in [0.15, 0.2) is 22.7 Å². The van der Waals surface area contributed by atoms with Gasteiger partial charge in [-0.15, -0.1) is 10.2 Å². The number of nitrogens with one attached hydrogen (secondary N) is 1. The molecule has 1 aromatic heterocycles. The highest BCUT2D eigenvalue weighted by molar-refractivity contribution is 9.10. The first-order chi connectivity index (χ1) is 9.85. The van der Waals surface area contributed by atoms with E-state index in [1.54, 1.807) is 17.4 Å². The molecule has 3 nitrogen and oxygen atoms in total. The van der Waals surface area contributed by atoms with E-state index in [9.17, 15) is 4.39 Å². The molecule has 0 aliphatic heterocycles. The van der Waals surface area contributed by atoms with Crippen molar-refractivity contribution in [3.63, 3.8) is 0 Å². The summed E-state index contributed by atoms with van der Waals surface area (Å²) in [5.74, 6) is -0.261. The highest BCUT2D eigenvalue weighted by Crippen LogP contribution is 2.31. The molecule has 1 N–H and O–H groups in total. The molecule has 0 unspecified atom stereocenters. The summed E-state index contributed by atoms with van der Waals surface area (Å²) in [5.41, 5.74) is 1.03. The number of rotatable bonds is 5. The van der Waals surface area contributed by atoms with Crippen LogP contribution in [0.25, 0.3) is 10.6 Å². The number of aryl methyl sites for hydroxylation is 1. The fourth-order valence-corrected chi connectivity index (χ4v) is 3.42. The first-order valence-electron chi connectivity index (χ1n) is 6.88. The van der Waals surface area contributed by atoms with E-state index in [-0.39, 0.29) is 11.4 Å². The zero-order valence-electron chi connectivity index (χ0n) is 12.4. The third kappa shape index (κ3) is 5.13. The minimum absolute atomic E-state index is 0.144. The molecule has 0 aliphatic rings. The molecule has 0 spiro atoms. The zero-order chi connectivity index (χ0) is 15.5. The molecule has 0 radical (unpaired) electrons. The van der Waals surface area contributed by atoms with E-state index in [1.807, 2.05) is 0 Å². The average molecular weight is 372 g/mol. The zero-order valence-corrected chi connectivity index (χ0v) is 14.8. The molecule has 0 atom stereocenters. The van der Waals surface area contributed by atoms with E-state index in [0.29, 0.717) is 4.47 Å². The molecular weight excluding hydrogens is 353 g/mol. The predicted octanol–water partition coefficient (Wildman–Crippen LogP) is 4.43. The molecule has 0 aliphatic carbocycles. The van der Waals surface area contributed by atoms with Crippen LogP contribution < -0.4 is 5.32 Å². The summed E-state index contributed by atoms with van der Waals surface area (Å²) >= 11 is 4.93. The molecule has 0 saturated carbocycles. The maximum absolute atomic E-state index is 13.1. The van der Waals surface area contributed by atoms with Crippen molar-refractivity contribution in [2.75, 3.05) is 6.54 Å². The van der Waals surface area contributed by atoms with Crippen LogP contribution in [0.5, 0.6) is 0 Å². The quantitative estimate of drug-likeness (QED) is 0.790. The Bertz CT molecular complexity index is 607. The van der Waals surface area contributed by atoms with Crippen molar-refractivity contribution in [2.45, 2.75) is 39.2 Å². The number of halogens is 2. The third-order valence-corrected chi connectivity index (χ3v) is 4.52. The van der Waals surface area contributed by atoms with E-state index in [1.165, 1.54) is 12.1 Å². The Hall–Kier alpha value is -0.850. The van der Waals surface area contributed by atoms with E-state index >= 15 is 0 Å². The van der Waals surface area contributed by atoms with E-state index in [4.69, 9.17) is 0 Å². The molecule has 1 aromatic carbocycles. The topological polar surface area (TPSA) is 37.8 Å². The highest BCUT2D eigenvalue weighted by atomic mass is 79.9. The lowest BCUT2D eigenvalue weighted by Gasteiger charge is -2.20. The maximum Gasteiger partial charge on any atom is 0.148 e. The summed E-state index contributed by atoms with van der Waals surface area (Å²) in [6, 6.07) is 4.61. The van der Waals surface area contributed by atoms with Gasteiger partial charge in [0, 0.05) is 22.0 Å². The Labute approximate surface area is 137 Å². The van der Waals surface area contributed by atoms with E-state index in [0.717, 1.165) is 35.0 Å². The van der Waals surface area contributed by atoms with Gasteiger partial charge in [0.25, 0.3) is 0 Å². The van der Waals surface area contributed by atoms with E-state index < -0.39 is 0 Å². The summed E-state index contributed by atoms with van der Waals surface area (Å²) < 4.78 is 13.8. The van der Waals surface area contributed by atoms with Crippen molar-refractivity contribution in [3.8, 4) is 10.6 Å². The van der Waals surface area contributed by atoms with Crippen LogP contribution in [-0.4, -0.2) is 22.3 Å². The smallest absolute Gasteiger partial charge is 0.148 e. The predicted molar refractivity (Wildman–Crippen MR) is 89.1 cm³/mol. The normalized spacial score (nSPS) is 11.9. The number of hydrogen-bond acceptors (Lipinski definition) is 4.